The minimum atomic E-state index is -0.967. The number of halogens is 1. The predicted octanol–water partition coefficient (Wildman–Crippen LogP) is 3.26. The van der Waals surface area contributed by atoms with E-state index in [1.54, 1.807) is 43.0 Å². The molecule has 2 rings (SSSR count). The van der Waals surface area contributed by atoms with Gasteiger partial charge < -0.3 is 15.0 Å². The van der Waals surface area contributed by atoms with Crippen molar-refractivity contribution in [2.45, 2.75) is 45.6 Å². The number of nitrogens with one attached hydrogen (secondary N) is 1. The molecular weight excluding hydrogens is 340 g/mol. The molecule has 1 aliphatic heterocycles. The molecule has 138 valence electrons. The third kappa shape index (κ3) is 5.36. The lowest BCUT2D eigenvalue weighted by Gasteiger charge is -2.36. The van der Waals surface area contributed by atoms with Gasteiger partial charge in [0.1, 0.15) is 5.75 Å². The summed E-state index contributed by atoms with van der Waals surface area (Å²) >= 11 is 5.87. The second-order valence-electron chi connectivity index (χ2n) is 6.92. The summed E-state index contributed by atoms with van der Waals surface area (Å²) in [5, 5.41) is 3.56. The number of carbonyl (C=O) groups excluding carboxylic acids is 2. The summed E-state index contributed by atoms with van der Waals surface area (Å²) < 4.78 is 5.87. The molecule has 1 aromatic carbocycles. The topological polar surface area (TPSA) is 58.6 Å². The SMILES string of the molecule is CCCNC(=O)C1CCN(C(=O)C(C)(C)Oc2ccc(Cl)cc2)CC1. The predicted molar refractivity (Wildman–Crippen MR) is 98.8 cm³/mol. The Morgan fingerprint density at radius 2 is 1.84 bits per heavy atom. The van der Waals surface area contributed by atoms with E-state index in [9.17, 15) is 9.59 Å². The van der Waals surface area contributed by atoms with Gasteiger partial charge in [-0.2, -0.15) is 0 Å². The molecule has 25 heavy (non-hydrogen) atoms. The van der Waals surface area contributed by atoms with Crippen LogP contribution in [0, 0.1) is 5.92 Å². The summed E-state index contributed by atoms with van der Waals surface area (Å²) in [6.45, 7) is 7.44. The van der Waals surface area contributed by atoms with E-state index < -0.39 is 5.60 Å². The molecule has 1 heterocycles. The van der Waals surface area contributed by atoms with Gasteiger partial charge in [0, 0.05) is 30.6 Å². The summed E-state index contributed by atoms with van der Waals surface area (Å²) in [5.74, 6) is 0.646. The average molecular weight is 367 g/mol. The van der Waals surface area contributed by atoms with Crippen LogP contribution < -0.4 is 10.1 Å². The van der Waals surface area contributed by atoms with Gasteiger partial charge in [0.25, 0.3) is 5.91 Å². The number of hydrogen-bond acceptors (Lipinski definition) is 3. The van der Waals surface area contributed by atoms with Crippen molar-refractivity contribution in [3.63, 3.8) is 0 Å². The van der Waals surface area contributed by atoms with Gasteiger partial charge in [-0.15, -0.1) is 0 Å². The molecule has 0 atom stereocenters. The Hall–Kier alpha value is -1.75. The fourth-order valence-corrected chi connectivity index (χ4v) is 3.08. The van der Waals surface area contributed by atoms with E-state index in [0.29, 0.717) is 43.2 Å². The highest BCUT2D eigenvalue weighted by molar-refractivity contribution is 6.30. The Labute approximate surface area is 154 Å². The Balaban J connectivity index is 1.90. The number of piperidine rings is 1. The summed E-state index contributed by atoms with van der Waals surface area (Å²) in [5.41, 5.74) is -0.967. The highest BCUT2D eigenvalue weighted by Crippen LogP contribution is 2.25. The van der Waals surface area contributed by atoms with Crippen molar-refractivity contribution in [2.24, 2.45) is 5.92 Å². The summed E-state index contributed by atoms with van der Waals surface area (Å²) in [6.07, 6.45) is 2.32. The van der Waals surface area contributed by atoms with Gasteiger partial charge in [-0.25, -0.2) is 0 Å². The standard InChI is InChI=1S/C19H27ClN2O3/c1-4-11-21-17(23)14-9-12-22(13-10-14)18(24)19(2,3)25-16-7-5-15(20)6-8-16/h5-8,14H,4,9-13H2,1-3H3,(H,21,23). The first-order valence-electron chi connectivity index (χ1n) is 8.85. The molecule has 2 amide bonds. The van der Waals surface area contributed by atoms with Crippen LogP contribution in [0.15, 0.2) is 24.3 Å². The van der Waals surface area contributed by atoms with Crippen LogP contribution >= 0.6 is 11.6 Å². The fourth-order valence-electron chi connectivity index (χ4n) is 2.96. The Kier molecular flexibility index (Phi) is 6.71. The summed E-state index contributed by atoms with van der Waals surface area (Å²) in [7, 11) is 0. The largest absolute Gasteiger partial charge is 0.478 e. The van der Waals surface area contributed by atoms with Crippen LogP contribution in [0.5, 0.6) is 5.75 Å². The first-order valence-corrected chi connectivity index (χ1v) is 9.23. The molecule has 5 nitrogen and oxygen atoms in total. The highest BCUT2D eigenvalue weighted by Gasteiger charge is 2.37. The average Bonchev–Trinajstić information content (AvgIpc) is 2.61. The monoisotopic (exact) mass is 366 g/mol. The zero-order valence-corrected chi connectivity index (χ0v) is 15.9. The van der Waals surface area contributed by atoms with Crippen molar-refractivity contribution in [1.29, 1.82) is 0 Å². The van der Waals surface area contributed by atoms with Gasteiger partial charge in [0.2, 0.25) is 5.91 Å². The number of carbonyl (C=O) groups is 2. The molecule has 1 saturated heterocycles. The maximum atomic E-state index is 12.8. The smallest absolute Gasteiger partial charge is 0.266 e. The van der Waals surface area contributed by atoms with E-state index >= 15 is 0 Å². The molecule has 0 aromatic heterocycles. The third-order valence-corrected chi connectivity index (χ3v) is 4.66. The van der Waals surface area contributed by atoms with Crippen LogP contribution in [0.3, 0.4) is 0 Å². The molecule has 6 heteroatoms. The van der Waals surface area contributed by atoms with Gasteiger partial charge in [-0.1, -0.05) is 18.5 Å². The van der Waals surface area contributed by atoms with E-state index in [4.69, 9.17) is 16.3 Å². The van der Waals surface area contributed by atoms with Gasteiger partial charge in [-0.05, 0) is 57.4 Å². The van der Waals surface area contributed by atoms with Crippen LogP contribution in [0.4, 0.5) is 0 Å². The Bertz CT molecular complexity index is 593. The van der Waals surface area contributed by atoms with Crippen LogP contribution in [0.1, 0.15) is 40.0 Å². The van der Waals surface area contributed by atoms with E-state index in [2.05, 4.69) is 5.32 Å². The van der Waals surface area contributed by atoms with Crippen LogP contribution in [0.2, 0.25) is 5.02 Å². The molecule has 1 fully saturated rings. The molecule has 0 aliphatic carbocycles. The molecular formula is C19H27ClN2O3. The van der Waals surface area contributed by atoms with Crippen LogP contribution in [-0.2, 0) is 9.59 Å². The fraction of sp³-hybridized carbons (Fsp3) is 0.579. The number of nitrogens with zero attached hydrogens (tertiary/aromatic N) is 1. The number of ether oxygens (including phenoxy) is 1. The molecule has 0 unspecified atom stereocenters. The molecule has 0 bridgehead atoms. The molecule has 0 radical (unpaired) electrons. The molecule has 0 spiro atoms. The third-order valence-electron chi connectivity index (χ3n) is 4.40. The van der Waals surface area contributed by atoms with Crippen LogP contribution in [0.25, 0.3) is 0 Å². The van der Waals surface area contributed by atoms with Gasteiger partial charge in [0.05, 0.1) is 0 Å². The van der Waals surface area contributed by atoms with E-state index in [-0.39, 0.29) is 17.7 Å². The summed E-state index contributed by atoms with van der Waals surface area (Å²) in [6, 6.07) is 6.97. The summed E-state index contributed by atoms with van der Waals surface area (Å²) in [4.78, 5) is 26.7. The minimum Gasteiger partial charge on any atom is -0.478 e. The zero-order valence-electron chi connectivity index (χ0n) is 15.2. The van der Waals surface area contributed by atoms with E-state index in [1.807, 2.05) is 6.92 Å². The van der Waals surface area contributed by atoms with Crippen molar-refractivity contribution in [3.8, 4) is 5.75 Å². The highest BCUT2D eigenvalue weighted by atomic mass is 35.5. The number of hydrogen-bond donors (Lipinski definition) is 1. The van der Waals surface area contributed by atoms with Gasteiger partial charge in [-0.3, -0.25) is 9.59 Å². The maximum Gasteiger partial charge on any atom is 0.266 e. The molecule has 1 aromatic rings. The van der Waals surface area contributed by atoms with Crippen molar-refractivity contribution in [3.05, 3.63) is 29.3 Å². The van der Waals surface area contributed by atoms with E-state index in [0.717, 1.165) is 6.42 Å². The second kappa shape index (κ2) is 8.56. The Morgan fingerprint density at radius 1 is 1.24 bits per heavy atom. The minimum absolute atomic E-state index is 0.00380. The lowest BCUT2D eigenvalue weighted by molar-refractivity contribution is -0.148. The van der Waals surface area contributed by atoms with Gasteiger partial charge >= 0.3 is 0 Å². The van der Waals surface area contributed by atoms with Gasteiger partial charge in [0.15, 0.2) is 5.60 Å². The molecule has 1 N–H and O–H groups in total. The quantitative estimate of drug-likeness (QED) is 0.840. The maximum absolute atomic E-state index is 12.8. The first-order chi connectivity index (χ1) is 11.8. The first kappa shape index (κ1) is 19.6. The zero-order chi connectivity index (χ0) is 18.4. The number of rotatable bonds is 6. The lowest BCUT2D eigenvalue weighted by Crippen LogP contribution is -2.52. The number of benzene rings is 1. The number of likely N-dealkylation sites (tertiary alicyclic amines) is 1. The van der Waals surface area contributed by atoms with Crippen molar-refractivity contribution in [1.82, 2.24) is 10.2 Å². The molecule has 1 aliphatic rings. The Morgan fingerprint density at radius 3 is 2.40 bits per heavy atom. The van der Waals surface area contributed by atoms with Crippen LogP contribution in [-0.4, -0.2) is 41.9 Å². The number of amides is 2. The van der Waals surface area contributed by atoms with Crippen molar-refractivity contribution in [2.75, 3.05) is 19.6 Å². The second-order valence-corrected chi connectivity index (χ2v) is 7.36. The molecule has 0 saturated carbocycles. The van der Waals surface area contributed by atoms with E-state index in [1.165, 1.54) is 0 Å². The lowest BCUT2D eigenvalue weighted by atomic mass is 9.94. The van der Waals surface area contributed by atoms with Crippen molar-refractivity contribution < 1.29 is 14.3 Å². The van der Waals surface area contributed by atoms with Crippen molar-refractivity contribution >= 4 is 23.4 Å². The normalized spacial score (nSPS) is 15.8.